The average Bonchev–Trinajstić information content (AvgIpc) is 3.44. The van der Waals surface area contributed by atoms with Gasteiger partial charge >= 0.3 is 0 Å². The van der Waals surface area contributed by atoms with E-state index in [9.17, 15) is 4.79 Å². The fourth-order valence-corrected chi connectivity index (χ4v) is 4.50. The van der Waals surface area contributed by atoms with Crippen molar-refractivity contribution in [2.75, 3.05) is 0 Å². The summed E-state index contributed by atoms with van der Waals surface area (Å²) in [6, 6.07) is 11.5. The number of hydrogen-bond acceptors (Lipinski definition) is 8. The van der Waals surface area contributed by atoms with Gasteiger partial charge in [-0.3, -0.25) is 9.80 Å². The molecule has 3 aromatic rings. The number of carbonyl (C=O) groups is 1. The number of rotatable bonds is 4. The van der Waals surface area contributed by atoms with E-state index in [2.05, 4.69) is 42.7 Å². The van der Waals surface area contributed by atoms with Gasteiger partial charge in [0.2, 0.25) is 11.7 Å². The highest BCUT2D eigenvalue weighted by Crippen LogP contribution is 2.32. The molecular weight excluding hydrogens is 444 g/mol. The summed E-state index contributed by atoms with van der Waals surface area (Å²) in [5.74, 6) is 0.734. The summed E-state index contributed by atoms with van der Waals surface area (Å²) < 4.78 is 6.26. The van der Waals surface area contributed by atoms with Crippen LogP contribution in [0.2, 0.25) is 0 Å². The zero-order valence-corrected chi connectivity index (χ0v) is 16.9. The normalized spacial score (nSPS) is 21.4. The van der Waals surface area contributed by atoms with Gasteiger partial charge in [0.05, 0.1) is 6.04 Å². The SMILES string of the molecule is O=C1C2CC(c3cccs3)NN2C=NN1Cc1nc(-c2cccc(Br)c2)no1. The topological polar surface area (TPSA) is 86.9 Å². The molecule has 0 aliphatic carbocycles. The minimum absolute atomic E-state index is 0.0868. The summed E-state index contributed by atoms with van der Waals surface area (Å²) in [6.07, 6.45) is 2.33. The number of fused-ring (bicyclic) bond motifs is 1. The molecule has 28 heavy (non-hydrogen) atoms. The minimum Gasteiger partial charge on any atom is -0.337 e. The first-order valence-electron chi connectivity index (χ1n) is 8.69. The summed E-state index contributed by atoms with van der Waals surface area (Å²) in [5.41, 5.74) is 4.17. The number of hydrazone groups is 1. The number of amides is 1. The predicted octanol–water partition coefficient (Wildman–Crippen LogP) is 3.17. The molecule has 2 atom stereocenters. The van der Waals surface area contributed by atoms with Crippen LogP contribution in [0.5, 0.6) is 0 Å². The number of nitrogens with one attached hydrogen (secondary N) is 1. The summed E-state index contributed by atoms with van der Waals surface area (Å²) >= 11 is 5.11. The number of nitrogens with zero attached hydrogens (tertiary/aromatic N) is 5. The van der Waals surface area contributed by atoms with Gasteiger partial charge in [0.15, 0.2) is 0 Å². The molecule has 0 radical (unpaired) electrons. The maximum absolute atomic E-state index is 12.9. The van der Waals surface area contributed by atoms with Gasteiger partial charge in [-0.15, -0.1) is 11.3 Å². The van der Waals surface area contributed by atoms with Crippen LogP contribution < -0.4 is 5.43 Å². The lowest BCUT2D eigenvalue weighted by molar-refractivity contribution is -0.137. The second kappa shape index (κ2) is 7.12. The van der Waals surface area contributed by atoms with Crippen LogP contribution >= 0.6 is 27.3 Å². The quantitative estimate of drug-likeness (QED) is 0.645. The minimum atomic E-state index is -0.294. The summed E-state index contributed by atoms with van der Waals surface area (Å²) in [5, 5.41) is 13.5. The van der Waals surface area contributed by atoms with Crippen molar-refractivity contribution in [3.63, 3.8) is 0 Å². The first-order chi connectivity index (χ1) is 13.7. The fraction of sp³-hybridized carbons (Fsp3) is 0.222. The summed E-state index contributed by atoms with van der Waals surface area (Å²) in [6.45, 7) is 0.143. The van der Waals surface area contributed by atoms with Gasteiger partial charge in [0.25, 0.3) is 5.91 Å². The number of thiophene rings is 1. The average molecular weight is 459 g/mol. The number of carbonyl (C=O) groups excluding carboxylic acids is 1. The van der Waals surface area contributed by atoms with Crippen LogP contribution in [-0.4, -0.2) is 38.4 Å². The zero-order valence-electron chi connectivity index (χ0n) is 14.5. The second-order valence-corrected chi connectivity index (χ2v) is 8.40. The lowest BCUT2D eigenvalue weighted by Gasteiger charge is -2.29. The van der Waals surface area contributed by atoms with Crippen molar-refractivity contribution in [3.8, 4) is 11.4 Å². The molecule has 1 saturated heterocycles. The highest BCUT2D eigenvalue weighted by atomic mass is 79.9. The highest BCUT2D eigenvalue weighted by Gasteiger charge is 2.41. The standard InChI is InChI=1S/C18H15BrN6O2S/c19-12-4-1-3-11(7-12)17-21-16(27-23-17)9-24-18(26)14-8-13(15-5-2-6-28-15)22-25(14)10-20-24/h1-7,10,13-14,22H,8-9H2. The molecule has 2 aromatic heterocycles. The van der Waals surface area contributed by atoms with Gasteiger partial charge in [0, 0.05) is 21.3 Å². The Morgan fingerprint density at radius 2 is 2.25 bits per heavy atom. The van der Waals surface area contributed by atoms with Crippen molar-refractivity contribution in [1.29, 1.82) is 0 Å². The molecule has 2 aliphatic heterocycles. The van der Waals surface area contributed by atoms with E-state index in [0.29, 0.717) is 18.1 Å². The van der Waals surface area contributed by atoms with Gasteiger partial charge in [-0.1, -0.05) is 39.3 Å². The summed E-state index contributed by atoms with van der Waals surface area (Å²) in [7, 11) is 0. The number of aromatic nitrogens is 2. The van der Waals surface area contributed by atoms with Crippen LogP contribution in [0, 0.1) is 0 Å². The van der Waals surface area contributed by atoms with Crippen molar-refractivity contribution in [2.24, 2.45) is 5.10 Å². The molecule has 10 heteroatoms. The van der Waals surface area contributed by atoms with Crippen LogP contribution in [0.25, 0.3) is 11.4 Å². The maximum atomic E-state index is 12.9. The predicted molar refractivity (Wildman–Crippen MR) is 107 cm³/mol. The molecule has 1 fully saturated rings. The van der Waals surface area contributed by atoms with E-state index in [1.165, 1.54) is 9.89 Å². The molecule has 1 amide bonds. The fourth-order valence-electron chi connectivity index (χ4n) is 3.32. The monoisotopic (exact) mass is 458 g/mol. The number of hydrogen-bond donors (Lipinski definition) is 1. The highest BCUT2D eigenvalue weighted by molar-refractivity contribution is 9.10. The first kappa shape index (κ1) is 17.5. The molecule has 2 aliphatic rings. The Hall–Kier alpha value is -2.56. The molecule has 2 unspecified atom stereocenters. The molecule has 5 rings (SSSR count). The van der Waals surface area contributed by atoms with Gasteiger partial charge in [-0.05, 0) is 23.6 Å². The Balaban J connectivity index is 1.30. The smallest absolute Gasteiger partial charge is 0.267 e. The third kappa shape index (κ3) is 3.23. The summed E-state index contributed by atoms with van der Waals surface area (Å²) in [4.78, 5) is 18.5. The van der Waals surface area contributed by atoms with E-state index in [4.69, 9.17) is 4.52 Å². The van der Waals surface area contributed by atoms with Crippen LogP contribution in [-0.2, 0) is 11.3 Å². The van der Waals surface area contributed by atoms with Crippen molar-refractivity contribution in [1.82, 2.24) is 25.6 Å². The molecule has 0 spiro atoms. The third-order valence-corrected chi connectivity index (χ3v) is 6.16. The first-order valence-corrected chi connectivity index (χ1v) is 10.4. The Morgan fingerprint density at radius 1 is 1.32 bits per heavy atom. The molecule has 1 aromatic carbocycles. The molecule has 0 saturated carbocycles. The van der Waals surface area contributed by atoms with Gasteiger partial charge < -0.3 is 4.52 Å². The lowest BCUT2D eigenvalue weighted by Crippen LogP contribution is -2.50. The Kier molecular flexibility index (Phi) is 4.46. The molecule has 4 heterocycles. The molecular formula is C18H15BrN6O2S. The van der Waals surface area contributed by atoms with Gasteiger partial charge in [-0.2, -0.15) is 10.1 Å². The number of hydrazine groups is 1. The van der Waals surface area contributed by atoms with Crippen LogP contribution in [0.1, 0.15) is 23.2 Å². The van der Waals surface area contributed by atoms with Crippen LogP contribution in [0.4, 0.5) is 0 Å². The van der Waals surface area contributed by atoms with Crippen molar-refractivity contribution < 1.29 is 9.32 Å². The largest absolute Gasteiger partial charge is 0.337 e. The van der Waals surface area contributed by atoms with Crippen molar-refractivity contribution >= 4 is 39.5 Å². The van der Waals surface area contributed by atoms with Gasteiger partial charge in [-0.25, -0.2) is 10.4 Å². The van der Waals surface area contributed by atoms with Crippen molar-refractivity contribution in [2.45, 2.75) is 25.0 Å². The zero-order chi connectivity index (χ0) is 19.1. The third-order valence-electron chi connectivity index (χ3n) is 4.68. The van der Waals surface area contributed by atoms with E-state index in [1.807, 2.05) is 35.7 Å². The Bertz CT molecular complexity index is 1040. The Morgan fingerprint density at radius 3 is 3.07 bits per heavy atom. The van der Waals surface area contributed by atoms with Gasteiger partial charge in [0.1, 0.15) is 18.9 Å². The Labute approximate surface area is 172 Å². The lowest BCUT2D eigenvalue weighted by atomic mass is 10.1. The molecule has 1 N–H and O–H groups in total. The van der Waals surface area contributed by atoms with E-state index < -0.39 is 0 Å². The van der Waals surface area contributed by atoms with E-state index in [0.717, 1.165) is 10.0 Å². The van der Waals surface area contributed by atoms with Crippen LogP contribution in [0.15, 0.2) is 55.9 Å². The second-order valence-electron chi connectivity index (χ2n) is 6.50. The number of halogens is 1. The molecule has 0 bridgehead atoms. The molecule has 8 nitrogen and oxygen atoms in total. The van der Waals surface area contributed by atoms with E-state index in [1.54, 1.807) is 22.7 Å². The molecule has 142 valence electrons. The van der Waals surface area contributed by atoms with E-state index in [-0.39, 0.29) is 24.5 Å². The number of benzene rings is 1. The van der Waals surface area contributed by atoms with E-state index >= 15 is 0 Å². The van der Waals surface area contributed by atoms with Crippen molar-refractivity contribution in [3.05, 3.63) is 57.0 Å². The maximum Gasteiger partial charge on any atom is 0.267 e. The van der Waals surface area contributed by atoms with Crippen LogP contribution in [0.3, 0.4) is 0 Å².